The van der Waals surface area contributed by atoms with Crippen LogP contribution in [-0.4, -0.2) is 29.2 Å². The van der Waals surface area contributed by atoms with E-state index >= 15 is 0 Å². The van der Waals surface area contributed by atoms with Gasteiger partial charge < -0.3 is 10.5 Å². The van der Waals surface area contributed by atoms with E-state index in [1.165, 1.54) is 0 Å². The first-order valence-corrected chi connectivity index (χ1v) is 6.78. The number of Topliss-reactive ketones (excluding diaryl/α,β-unsaturated/α-hetero) is 1. The SMILES string of the molecule is COc1cnn(C(C)C)c1C(=O)C(CN)CC(C)C. The quantitative estimate of drug-likeness (QED) is 0.769. The molecule has 0 aliphatic rings. The minimum Gasteiger partial charge on any atom is -0.493 e. The third-order valence-electron chi connectivity index (χ3n) is 3.12. The highest BCUT2D eigenvalue weighted by Crippen LogP contribution is 2.26. The number of carbonyl (C=O) groups excluding carboxylic acids is 1. The van der Waals surface area contributed by atoms with E-state index in [0.29, 0.717) is 23.9 Å². The maximum Gasteiger partial charge on any atom is 0.189 e. The van der Waals surface area contributed by atoms with E-state index in [4.69, 9.17) is 10.5 Å². The molecule has 0 amide bonds. The number of nitrogens with zero attached hydrogens (tertiary/aromatic N) is 2. The normalized spacial score (nSPS) is 13.1. The number of nitrogens with two attached hydrogens (primary N) is 1. The molecule has 0 saturated carbocycles. The molecule has 5 nitrogen and oxygen atoms in total. The molecule has 0 fully saturated rings. The average molecular weight is 267 g/mol. The van der Waals surface area contributed by atoms with Crippen molar-refractivity contribution in [3.05, 3.63) is 11.9 Å². The van der Waals surface area contributed by atoms with Gasteiger partial charge in [-0.2, -0.15) is 5.10 Å². The first kappa shape index (κ1) is 15.7. The van der Waals surface area contributed by atoms with Crippen LogP contribution in [0.3, 0.4) is 0 Å². The number of hydrogen-bond acceptors (Lipinski definition) is 4. The summed E-state index contributed by atoms with van der Waals surface area (Å²) in [6, 6.07) is 0.111. The molecular formula is C14H25N3O2. The van der Waals surface area contributed by atoms with Crippen LogP contribution in [0.5, 0.6) is 5.75 Å². The number of ketones is 1. The molecule has 0 saturated heterocycles. The van der Waals surface area contributed by atoms with Gasteiger partial charge in [0.25, 0.3) is 0 Å². The summed E-state index contributed by atoms with van der Waals surface area (Å²) in [4.78, 5) is 12.7. The minimum atomic E-state index is -0.178. The van der Waals surface area contributed by atoms with Crippen molar-refractivity contribution in [2.24, 2.45) is 17.6 Å². The molecule has 19 heavy (non-hydrogen) atoms. The van der Waals surface area contributed by atoms with Crippen molar-refractivity contribution in [1.29, 1.82) is 0 Å². The molecule has 1 heterocycles. The summed E-state index contributed by atoms with van der Waals surface area (Å²) < 4.78 is 6.96. The fraction of sp³-hybridized carbons (Fsp3) is 0.714. The van der Waals surface area contributed by atoms with Gasteiger partial charge in [-0.25, -0.2) is 0 Å². The Morgan fingerprint density at radius 1 is 1.42 bits per heavy atom. The predicted molar refractivity (Wildman–Crippen MR) is 75.5 cm³/mol. The lowest BCUT2D eigenvalue weighted by Gasteiger charge is -2.18. The van der Waals surface area contributed by atoms with Crippen LogP contribution in [0.2, 0.25) is 0 Å². The third kappa shape index (κ3) is 3.56. The highest BCUT2D eigenvalue weighted by atomic mass is 16.5. The second-order valence-electron chi connectivity index (χ2n) is 5.53. The van der Waals surface area contributed by atoms with Crippen molar-refractivity contribution in [2.45, 2.75) is 40.2 Å². The van der Waals surface area contributed by atoms with Gasteiger partial charge in [0, 0.05) is 18.5 Å². The first-order chi connectivity index (χ1) is 8.92. The van der Waals surface area contributed by atoms with Gasteiger partial charge in [-0.3, -0.25) is 9.48 Å². The third-order valence-corrected chi connectivity index (χ3v) is 3.12. The molecule has 1 aromatic rings. The van der Waals surface area contributed by atoms with Crippen molar-refractivity contribution in [1.82, 2.24) is 9.78 Å². The monoisotopic (exact) mass is 267 g/mol. The highest BCUT2D eigenvalue weighted by molar-refractivity contribution is 5.99. The summed E-state index contributed by atoms with van der Waals surface area (Å²) >= 11 is 0. The summed E-state index contributed by atoms with van der Waals surface area (Å²) in [5.74, 6) is 0.808. The lowest BCUT2D eigenvalue weighted by molar-refractivity contribution is 0.0892. The summed E-state index contributed by atoms with van der Waals surface area (Å²) in [5, 5.41) is 4.23. The molecule has 0 aromatic carbocycles. The zero-order valence-electron chi connectivity index (χ0n) is 12.5. The number of methoxy groups -OCH3 is 1. The molecule has 1 aromatic heterocycles. The zero-order valence-corrected chi connectivity index (χ0v) is 12.5. The number of rotatable bonds is 7. The van der Waals surface area contributed by atoms with E-state index in [1.54, 1.807) is 18.0 Å². The number of carbonyl (C=O) groups is 1. The number of hydrogen-bond donors (Lipinski definition) is 1. The van der Waals surface area contributed by atoms with Crippen molar-refractivity contribution in [2.75, 3.05) is 13.7 Å². The van der Waals surface area contributed by atoms with Crippen LogP contribution in [0.1, 0.15) is 50.6 Å². The van der Waals surface area contributed by atoms with Gasteiger partial charge in [0.05, 0.1) is 13.3 Å². The van der Waals surface area contributed by atoms with Crippen LogP contribution < -0.4 is 10.5 Å². The summed E-state index contributed by atoms with van der Waals surface area (Å²) in [6.45, 7) is 8.51. The molecule has 1 rings (SSSR count). The van der Waals surface area contributed by atoms with E-state index in [2.05, 4.69) is 18.9 Å². The van der Waals surface area contributed by atoms with Crippen LogP contribution in [0.4, 0.5) is 0 Å². The molecule has 0 bridgehead atoms. The van der Waals surface area contributed by atoms with E-state index in [-0.39, 0.29) is 17.7 Å². The second-order valence-corrected chi connectivity index (χ2v) is 5.53. The lowest BCUT2D eigenvalue weighted by Crippen LogP contribution is -2.28. The Bertz CT molecular complexity index is 424. The maximum atomic E-state index is 12.7. The smallest absolute Gasteiger partial charge is 0.189 e. The van der Waals surface area contributed by atoms with Gasteiger partial charge in [-0.15, -0.1) is 0 Å². The maximum absolute atomic E-state index is 12.7. The van der Waals surface area contributed by atoms with Gasteiger partial charge in [-0.1, -0.05) is 13.8 Å². The topological polar surface area (TPSA) is 70.1 Å². The standard InChI is InChI=1S/C14H25N3O2/c1-9(2)6-11(7-15)14(18)13-12(19-5)8-16-17(13)10(3)4/h8-11H,6-7,15H2,1-5H3. The van der Waals surface area contributed by atoms with Gasteiger partial charge >= 0.3 is 0 Å². The van der Waals surface area contributed by atoms with E-state index < -0.39 is 0 Å². The van der Waals surface area contributed by atoms with Crippen LogP contribution in [-0.2, 0) is 0 Å². The zero-order chi connectivity index (χ0) is 14.6. The van der Waals surface area contributed by atoms with Crippen molar-refractivity contribution in [3.8, 4) is 5.75 Å². The van der Waals surface area contributed by atoms with Gasteiger partial charge in [0.2, 0.25) is 0 Å². The van der Waals surface area contributed by atoms with Crippen molar-refractivity contribution >= 4 is 5.78 Å². The molecular weight excluding hydrogens is 242 g/mol. The Kier molecular flexibility index (Phi) is 5.54. The Balaban J connectivity index is 3.12. The Morgan fingerprint density at radius 2 is 2.05 bits per heavy atom. The summed E-state index contributed by atoms with van der Waals surface area (Å²) in [6.07, 6.45) is 2.37. The fourth-order valence-corrected chi connectivity index (χ4v) is 2.19. The van der Waals surface area contributed by atoms with Crippen LogP contribution in [0.15, 0.2) is 6.20 Å². The van der Waals surface area contributed by atoms with Crippen molar-refractivity contribution in [3.63, 3.8) is 0 Å². The van der Waals surface area contributed by atoms with E-state index in [1.807, 2.05) is 13.8 Å². The van der Waals surface area contributed by atoms with Crippen molar-refractivity contribution < 1.29 is 9.53 Å². The Labute approximate surface area is 115 Å². The first-order valence-electron chi connectivity index (χ1n) is 6.78. The molecule has 1 atom stereocenters. The molecule has 0 aliphatic heterocycles. The van der Waals surface area contributed by atoms with Crippen LogP contribution in [0.25, 0.3) is 0 Å². The van der Waals surface area contributed by atoms with E-state index in [0.717, 1.165) is 6.42 Å². The lowest BCUT2D eigenvalue weighted by atomic mass is 9.91. The average Bonchev–Trinajstić information content (AvgIpc) is 2.78. The van der Waals surface area contributed by atoms with E-state index in [9.17, 15) is 4.79 Å². The Morgan fingerprint density at radius 3 is 2.47 bits per heavy atom. The summed E-state index contributed by atoms with van der Waals surface area (Å²) in [5.41, 5.74) is 6.29. The molecule has 2 N–H and O–H groups in total. The molecule has 1 unspecified atom stereocenters. The van der Waals surface area contributed by atoms with Gasteiger partial charge in [0.1, 0.15) is 5.69 Å². The van der Waals surface area contributed by atoms with Crippen LogP contribution >= 0.6 is 0 Å². The highest BCUT2D eigenvalue weighted by Gasteiger charge is 2.27. The molecule has 0 radical (unpaired) electrons. The molecule has 0 spiro atoms. The summed E-state index contributed by atoms with van der Waals surface area (Å²) in [7, 11) is 1.55. The second kappa shape index (κ2) is 6.70. The fourth-order valence-electron chi connectivity index (χ4n) is 2.19. The van der Waals surface area contributed by atoms with Crippen LogP contribution in [0, 0.1) is 11.8 Å². The molecule has 0 aliphatic carbocycles. The van der Waals surface area contributed by atoms with Gasteiger partial charge in [-0.05, 0) is 26.2 Å². The number of ether oxygens (including phenoxy) is 1. The Hall–Kier alpha value is -1.36. The minimum absolute atomic E-state index is 0.0271. The molecule has 108 valence electrons. The van der Waals surface area contributed by atoms with Gasteiger partial charge in [0.15, 0.2) is 11.5 Å². The largest absolute Gasteiger partial charge is 0.493 e. The number of aromatic nitrogens is 2. The molecule has 5 heteroatoms. The predicted octanol–water partition coefficient (Wildman–Crippen LogP) is 2.28.